The van der Waals surface area contributed by atoms with E-state index >= 15 is 0 Å². The quantitative estimate of drug-likeness (QED) is 0.170. The number of benzene rings is 1. The molecule has 4 aliphatic carbocycles. The normalized spacial score (nSPS) is 36.9. The van der Waals surface area contributed by atoms with Crippen molar-refractivity contribution in [3.8, 4) is 0 Å². The van der Waals surface area contributed by atoms with Crippen LogP contribution in [0.15, 0.2) is 46.5 Å². The summed E-state index contributed by atoms with van der Waals surface area (Å²) in [6.07, 6.45) is 18.6. The molecule has 3 heteroatoms. The highest BCUT2D eigenvalue weighted by molar-refractivity contribution is 9.12. The molecule has 0 saturated heterocycles. The van der Waals surface area contributed by atoms with E-state index in [9.17, 15) is 4.79 Å². The lowest BCUT2D eigenvalue weighted by Gasteiger charge is -2.58. The number of hydrogen-bond donors (Lipinski definition) is 0. The fourth-order valence-electron chi connectivity index (χ4n) is 9.71. The fraction of sp³-hybridized carbons (Fsp3) is 0.694. The van der Waals surface area contributed by atoms with Gasteiger partial charge in [0, 0.05) is 6.42 Å². The van der Waals surface area contributed by atoms with Gasteiger partial charge in [-0.1, -0.05) is 95.9 Å². The van der Waals surface area contributed by atoms with Crippen LogP contribution in [0.3, 0.4) is 0 Å². The predicted octanol–water partition coefficient (Wildman–Crippen LogP) is 10.4. The van der Waals surface area contributed by atoms with E-state index in [4.69, 9.17) is 4.74 Å². The Hall–Kier alpha value is -1.35. The smallest absolute Gasteiger partial charge is 0.345 e. The number of esters is 1. The molecule has 2 nitrogen and oxygen atoms in total. The summed E-state index contributed by atoms with van der Waals surface area (Å²) in [4.78, 5) is 12.9. The first-order chi connectivity index (χ1) is 18.6. The van der Waals surface area contributed by atoms with Crippen molar-refractivity contribution < 1.29 is 9.53 Å². The van der Waals surface area contributed by atoms with Gasteiger partial charge in [0.05, 0.1) is 0 Å². The number of rotatable bonds is 8. The zero-order chi connectivity index (χ0) is 27.8. The summed E-state index contributed by atoms with van der Waals surface area (Å²) < 4.78 is 6.53. The predicted molar refractivity (Wildman–Crippen MR) is 166 cm³/mol. The molecule has 3 saturated carbocycles. The van der Waals surface area contributed by atoms with Crippen molar-refractivity contribution in [2.45, 2.75) is 111 Å². The molecule has 4 aliphatic rings. The number of halogens is 1. The molecule has 0 unspecified atom stereocenters. The molecule has 0 aromatic heterocycles. The van der Waals surface area contributed by atoms with Crippen LogP contribution >= 0.6 is 15.9 Å². The highest BCUT2D eigenvalue weighted by Gasteiger charge is 2.59. The molecule has 0 amide bonds. The van der Waals surface area contributed by atoms with E-state index in [0.717, 1.165) is 60.3 Å². The maximum absolute atomic E-state index is 12.9. The van der Waals surface area contributed by atoms with Crippen molar-refractivity contribution >= 4 is 28.0 Å². The summed E-state index contributed by atoms with van der Waals surface area (Å²) >= 11 is 3.47. The molecule has 5 rings (SSSR count). The average molecular weight is 596 g/mol. The minimum atomic E-state index is -0.241. The first kappa shape index (κ1) is 29.2. The molecule has 1 aromatic rings. The average Bonchev–Trinajstić information content (AvgIpc) is 3.26. The first-order valence-electron chi connectivity index (χ1n) is 15.9. The van der Waals surface area contributed by atoms with Crippen molar-refractivity contribution in [2.24, 2.45) is 46.3 Å². The van der Waals surface area contributed by atoms with E-state index < -0.39 is 0 Å². The first-order valence-corrected chi connectivity index (χ1v) is 16.7. The van der Waals surface area contributed by atoms with E-state index in [1.807, 2.05) is 36.4 Å². The number of allylic oxidation sites excluding steroid dienone is 1. The number of fused-ring (bicyclic) bond motifs is 5. The van der Waals surface area contributed by atoms with Crippen LogP contribution in [0, 0.1) is 46.3 Å². The lowest BCUT2D eigenvalue weighted by atomic mass is 9.47. The molecule has 1 aromatic carbocycles. The van der Waals surface area contributed by atoms with E-state index in [1.165, 1.54) is 51.4 Å². The van der Waals surface area contributed by atoms with Gasteiger partial charge in [-0.2, -0.15) is 0 Å². The van der Waals surface area contributed by atoms with Crippen LogP contribution in [0.5, 0.6) is 0 Å². The van der Waals surface area contributed by atoms with Crippen LogP contribution in [-0.4, -0.2) is 12.1 Å². The third-order valence-corrected chi connectivity index (χ3v) is 12.4. The maximum atomic E-state index is 12.9. The largest absolute Gasteiger partial charge is 0.458 e. The van der Waals surface area contributed by atoms with E-state index in [2.05, 4.69) is 56.6 Å². The molecule has 3 fully saturated rings. The topological polar surface area (TPSA) is 26.3 Å². The van der Waals surface area contributed by atoms with Crippen molar-refractivity contribution in [1.29, 1.82) is 0 Å². The molecule has 8 atom stereocenters. The second-order valence-corrected chi connectivity index (χ2v) is 15.3. The Bertz CT molecular complexity index is 1070. The SMILES string of the molecule is CC(C)CCC[C@@H](C)[C@@H]1CC[C@@H]2[C@H]3CC=C4C[C@@H](OC(=O)C(Br)=Cc5ccccc5)CC[C@]4(C)[C@@H]3CC[C@@]21C. The summed E-state index contributed by atoms with van der Waals surface area (Å²) in [5.41, 5.74) is 3.40. The Morgan fingerprint density at radius 2 is 1.79 bits per heavy atom. The van der Waals surface area contributed by atoms with Crippen molar-refractivity contribution in [2.75, 3.05) is 0 Å². The monoisotopic (exact) mass is 594 g/mol. The van der Waals surface area contributed by atoms with Gasteiger partial charge in [0.2, 0.25) is 0 Å². The minimum absolute atomic E-state index is 0.0125. The van der Waals surface area contributed by atoms with Crippen molar-refractivity contribution in [3.63, 3.8) is 0 Å². The van der Waals surface area contributed by atoms with Gasteiger partial charge in [-0.05, 0) is 119 Å². The standard InChI is InChI=1S/C36H51BrO2/c1-24(2)10-9-11-25(3)30-16-17-31-29-15-14-27-23-28(18-20-35(27,4)32(29)19-21-36(30,31)5)39-34(38)33(37)22-26-12-7-6-8-13-26/h6-8,12-14,22,24-25,28-32H,9-11,15-21,23H2,1-5H3/t25-,28+,29-,30+,31-,32-,35+,36-/m1/s1. The highest BCUT2D eigenvalue weighted by Crippen LogP contribution is 2.67. The Morgan fingerprint density at radius 1 is 1.03 bits per heavy atom. The van der Waals surface area contributed by atoms with Gasteiger partial charge in [-0.25, -0.2) is 4.79 Å². The van der Waals surface area contributed by atoms with Crippen LogP contribution in [-0.2, 0) is 9.53 Å². The summed E-state index contributed by atoms with van der Waals surface area (Å²) in [5, 5.41) is 0. The Labute approximate surface area is 246 Å². The number of hydrogen-bond acceptors (Lipinski definition) is 2. The molecule has 0 N–H and O–H groups in total. The summed E-state index contributed by atoms with van der Waals surface area (Å²) in [7, 11) is 0. The Morgan fingerprint density at radius 3 is 2.54 bits per heavy atom. The molecule has 39 heavy (non-hydrogen) atoms. The van der Waals surface area contributed by atoms with Crippen molar-refractivity contribution in [1.82, 2.24) is 0 Å². The zero-order valence-corrected chi connectivity index (χ0v) is 26.6. The number of ether oxygens (including phenoxy) is 1. The molecule has 0 heterocycles. The van der Waals surface area contributed by atoms with E-state index in [0.29, 0.717) is 9.90 Å². The number of carbonyl (C=O) groups is 1. The van der Waals surface area contributed by atoms with Crippen LogP contribution in [0.4, 0.5) is 0 Å². The molecule has 214 valence electrons. The molecule has 0 bridgehead atoms. The van der Waals surface area contributed by atoms with E-state index in [-0.39, 0.29) is 17.5 Å². The van der Waals surface area contributed by atoms with E-state index in [1.54, 1.807) is 5.57 Å². The Kier molecular flexibility index (Phi) is 8.87. The lowest BCUT2D eigenvalue weighted by molar-refractivity contribution is -0.145. The van der Waals surface area contributed by atoms with Gasteiger partial charge in [0.15, 0.2) is 0 Å². The molecular weight excluding hydrogens is 544 g/mol. The van der Waals surface area contributed by atoms with Crippen LogP contribution in [0.2, 0.25) is 0 Å². The maximum Gasteiger partial charge on any atom is 0.345 e. The van der Waals surface area contributed by atoms with Gasteiger partial charge in [0.25, 0.3) is 0 Å². The molecular formula is C36H51BrO2. The fourth-order valence-corrected chi connectivity index (χ4v) is 10.1. The second-order valence-electron chi connectivity index (χ2n) is 14.5. The Balaban J connectivity index is 1.23. The van der Waals surface area contributed by atoms with Crippen LogP contribution in [0.1, 0.15) is 111 Å². The van der Waals surface area contributed by atoms with Gasteiger partial charge in [-0.3, -0.25) is 0 Å². The van der Waals surface area contributed by atoms with Gasteiger partial charge >= 0.3 is 5.97 Å². The van der Waals surface area contributed by atoms with Gasteiger partial charge in [-0.15, -0.1) is 0 Å². The lowest BCUT2D eigenvalue weighted by Crippen LogP contribution is -2.51. The summed E-state index contributed by atoms with van der Waals surface area (Å²) in [6, 6.07) is 9.95. The van der Waals surface area contributed by atoms with Gasteiger partial charge < -0.3 is 4.74 Å². The molecule has 0 radical (unpaired) electrons. The molecule has 0 aliphatic heterocycles. The van der Waals surface area contributed by atoms with Crippen molar-refractivity contribution in [3.05, 3.63) is 52.0 Å². The third-order valence-electron chi connectivity index (χ3n) is 11.8. The minimum Gasteiger partial charge on any atom is -0.458 e. The zero-order valence-electron chi connectivity index (χ0n) is 25.1. The van der Waals surface area contributed by atoms with Gasteiger partial charge in [0.1, 0.15) is 10.6 Å². The molecule has 0 spiro atoms. The highest BCUT2D eigenvalue weighted by atomic mass is 79.9. The second kappa shape index (κ2) is 11.9. The third kappa shape index (κ3) is 5.86. The summed E-state index contributed by atoms with van der Waals surface area (Å²) in [6.45, 7) is 12.5. The number of carbonyl (C=O) groups excluding carboxylic acids is 1. The van der Waals surface area contributed by atoms with Crippen LogP contribution in [0.25, 0.3) is 6.08 Å². The van der Waals surface area contributed by atoms with Crippen LogP contribution < -0.4 is 0 Å². The summed E-state index contributed by atoms with van der Waals surface area (Å²) in [5.74, 6) is 4.88.